The minimum absolute atomic E-state index is 0.315. The van der Waals surface area contributed by atoms with E-state index in [1.54, 1.807) is 18.2 Å². The molecule has 0 saturated carbocycles. The minimum Gasteiger partial charge on any atom is -0.330 e. The lowest BCUT2D eigenvalue weighted by Crippen LogP contribution is -2.16. The Morgan fingerprint density at radius 1 is 1.06 bits per heavy atom. The molecule has 2 aromatic heterocycles. The second-order valence-electron chi connectivity index (χ2n) is 7.15. The summed E-state index contributed by atoms with van der Waals surface area (Å²) in [6.45, 7) is 1.98. The highest BCUT2D eigenvalue weighted by molar-refractivity contribution is 7.20. The fourth-order valence-electron chi connectivity index (χ4n) is 3.26. The molecule has 0 saturated heterocycles. The molecule has 0 aliphatic heterocycles. The third-order valence-electron chi connectivity index (χ3n) is 4.95. The highest BCUT2D eigenvalue weighted by atomic mass is 32.1. The van der Waals surface area contributed by atoms with Crippen molar-refractivity contribution in [2.75, 3.05) is 10.6 Å². The molecular weight excluding hydrogens is 429 g/mol. The number of benzene rings is 3. The highest BCUT2D eigenvalue weighted by Gasteiger charge is 2.14. The van der Waals surface area contributed by atoms with Gasteiger partial charge in [-0.2, -0.15) is 4.52 Å². The molecule has 0 bridgehead atoms. The quantitative estimate of drug-likeness (QED) is 0.417. The van der Waals surface area contributed by atoms with E-state index in [1.807, 2.05) is 31.2 Å². The van der Waals surface area contributed by atoms with Gasteiger partial charge >= 0.3 is 0 Å². The zero-order valence-corrected chi connectivity index (χ0v) is 17.6. The van der Waals surface area contributed by atoms with Crippen molar-refractivity contribution >= 4 is 49.6 Å². The molecule has 0 aliphatic rings. The van der Waals surface area contributed by atoms with Crippen LogP contribution in [0.2, 0.25) is 0 Å². The number of hydrogen-bond donors (Lipinski definition) is 2. The molecule has 2 N–H and O–H groups in total. The van der Waals surface area contributed by atoms with Gasteiger partial charge < -0.3 is 10.6 Å². The van der Waals surface area contributed by atoms with E-state index in [9.17, 15) is 14.0 Å². The van der Waals surface area contributed by atoms with E-state index in [1.165, 1.54) is 40.1 Å². The summed E-state index contributed by atoms with van der Waals surface area (Å²) in [5.74, 6) is -0.769. The second kappa shape index (κ2) is 7.86. The fraction of sp³-hybridized carbons (Fsp3) is 0.0435. The van der Waals surface area contributed by atoms with Crippen LogP contribution in [0.3, 0.4) is 0 Å². The lowest BCUT2D eigenvalue weighted by Gasteiger charge is -2.06. The molecule has 5 aromatic rings. The van der Waals surface area contributed by atoms with Gasteiger partial charge in [0.25, 0.3) is 11.5 Å². The Kier molecular flexibility index (Phi) is 4.87. The van der Waals surface area contributed by atoms with E-state index >= 15 is 0 Å². The molecule has 0 atom stereocenters. The van der Waals surface area contributed by atoms with Gasteiger partial charge in [0.2, 0.25) is 10.1 Å². The topological polar surface area (TPSA) is 88.4 Å². The van der Waals surface area contributed by atoms with Crippen molar-refractivity contribution in [1.82, 2.24) is 14.6 Å². The van der Waals surface area contributed by atoms with Crippen LogP contribution in [0.1, 0.15) is 15.9 Å². The summed E-state index contributed by atoms with van der Waals surface area (Å²) in [5.41, 5.74) is 2.82. The average Bonchev–Trinajstić information content (AvgIpc) is 3.19. The second-order valence-corrected chi connectivity index (χ2v) is 8.11. The molecule has 3 aromatic carbocycles. The van der Waals surface area contributed by atoms with Gasteiger partial charge in [0.1, 0.15) is 5.82 Å². The number of rotatable bonds is 4. The van der Waals surface area contributed by atoms with E-state index < -0.39 is 0 Å². The van der Waals surface area contributed by atoms with Gasteiger partial charge in [0.15, 0.2) is 0 Å². The highest BCUT2D eigenvalue weighted by Crippen LogP contribution is 2.25. The molecule has 1 amide bonds. The number of aromatic nitrogens is 3. The Bertz CT molecular complexity index is 1540. The van der Waals surface area contributed by atoms with Crippen LogP contribution in [0, 0.1) is 12.7 Å². The summed E-state index contributed by atoms with van der Waals surface area (Å²) in [5, 5.41) is 11.2. The Balaban J connectivity index is 1.49. The summed E-state index contributed by atoms with van der Waals surface area (Å²) in [4.78, 5) is 30.5. The summed E-state index contributed by atoms with van der Waals surface area (Å²) >= 11 is 1.24. The Morgan fingerprint density at radius 3 is 2.62 bits per heavy atom. The first-order valence-electron chi connectivity index (χ1n) is 9.71. The number of carbonyl (C=O) groups excluding carboxylic acids is 1. The molecule has 32 heavy (non-hydrogen) atoms. The van der Waals surface area contributed by atoms with Crippen LogP contribution in [0.5, 0.6) is 0 Å². The molecule has 0 spiro atoms. The Hall–Kier alpha value is -4.11. The number of nitrogens with zero attached hydrogens (tertiary/aromatic N) is 3. The van der Waals surface area contributed by atoms with Crippen LogP contribution >= 0.6 is 11.3 Å². The number of halogens is 1. The number of fused-ring (bicyclic) bond motifs is 2. The zero-order chi connectivity index (χ0) is 22.2. The number of anilines is 3. The molecule has 9 heteroatoms. The summed E-state index contributed by atoms with van der Waals surface area (Å²) in [6.07, 6.45) is 0. The number of aryl methyl sites for hydroxylation is 1. The first-order chi connectivity index (χ1) is 15.5. The van der Waals surface area contributed by atoms with Crippen LogP contribution in [-0.2, 0) is 0 Å². The molecular formula is C23H16FN5O2S. The lowest BCUT2D eigenvalue weighted by atomic mass is 10.1. The lowest BCUT2D eigenvalue weighted by molar-refractivity contribution is 0.102. The van der Waals surface area contributed by atoms with Gasteiger partial charge in [0, 0.05) is 16.9 Å². The van der Waals surface area contributed by atoms with Gasteiger partial charge in [-0.3, -0.25) is 9.59 Å². The predicted octanol–water partition coefficient (Wildman–Crippen LogP) is 4.75. The van der Waals surface area contributed by atoms with Gasteiger partial charge in [0.05, 0.1) is 10.9 Å². The van der Waals surface area contributed by atoms with Gasteiger partial charge in [-0.05, 0) is 61.0 Å². The van der Waals surface area contributed by atoms with Gasteiger partial charge in [-0.25, -0.2) is 9.37 Å². The first kappa shape index (κ1) is 19.8. The van der Waals surface area contributed by atoms with Crippen molar-refractivity contribution in [2.24, 2.45) is 0 Å². The van der Waals surface area contributed by atoms with Crippen molar-refractivity contribution in [1.29, 1.82) is 0 Å². The van der Waals surface area contributed by atoms with Crippen molar-refractivity contribution in [2.45, 2.75) is 6.92 Å². The smallest absolute Gasteiger partial charge is 0.283 e. The third kappa shape index (κ3) is 3.69. The third-order valence-corrected chi connectivity index (χ3v) is 5.77. The van der Waals surface area contributed by atoms with Crippen LogP contribution < -0.4 is 16.2 Å². The minimum atomic E-state index is -0.386. The number of amides is 1. The number of carbonyl (C=O) groups is 1. The van der Waals surface area contributed by atoms with Crippen LogP contribution in [0.4, 0.5) is 20.9 Å². The van der Waals surface area contributed by atoms with Gasteiger partial charge in [-0.15, -0.1) is 5.10 Å². The van der Waals surface area contributed by atoms with E-state index in [0.717, 1.165) is 11.3 Å². The van der Waals surface area contributed by atoms with E-state index in [0.29, 0.717) is 32.2 Å². The molecule has 5 rings (SSSR count). The summed E-state index contributed by atoms with van der Waals surface area (Å²) < 4.78 is 14.3. The van der Waals surface area contributed by atoms with Crippen molar-refractivity contribution in [3.8, 4) is 0 Å². The van der Waals surface area contributed by atoms with Crippen molar-refractivity contribution in [3.63, 3.8) is 0 Å². The standard InChI is InChI=1S/C23H16FN5O2S/c1-13-4-2-3-5-18(13)26-22-28-29-21(31)17-11-6-14(12-19(17)27-23(29)32-22)20(30)25-16-9-7-15(24)8-10-16/h2-12H,1H3,(H,25,30)(H,26,28). The summed E-state index contributed by atoms with van der Waals surface area (Å²) in [6, 6.07) is 17.9. The first-order valence-corrected chi connectivity index (χ1v) is 10.5. The van der Waals surface area contributed by atoms with Crippen molar-refractivity contribution < 1.29 is 9.18 Å². The number of nitrogens with one attached hydrogen (secondary N) is 2. The fourth-order valence-corrected chi connectivity index (χ4v) is 4.08. The normalized spacial score (nSPS) is 11.1. The number of para-hydroxylation sites is 1. The van der Waals surface area contributed by atoms with Crippen molar-refractivity contribution in [3.05, 3.63) is 94.0 Å². The zero-order valence-electron chi connectivity index (χ0n) is 16.8. The molecule has 158 valence electrons. The maximum absolute atomic E-state index is 13.1. The Labute approximate surface area is 185 Å². The maximum atomic E-state index is 13.1. The monoisotopic (exact) mass is 445 g/mol. The molecule has 0 radical (unpaired) electrons. The van der Waals surface area contributed by atoms with Crippen LogP contribution in [0.15, 0.2) is 71.5 Å². The molecule has 2 heterocycles. The molecule has 0 fully saturated rings. The van der Waals surface area contributed by atoms with Crippen LogP contribution in [0.25, 0.3) is 15.9 Å². The average molecular weight is 445 g/mol. The molecule has 0 unspecified atom stereocenters. The Morgan fingerprint density at radius 2 is 1.84 bits per heavy atom. The van der Waals surface area contributed by atoms with Crippen LogP contribution in [-0.4, -0.2) is 20.5 Å². The predicted molar refractivity (Wildman–Crippen MR) is 123 cm³/mol. The van der Waals surface area contributed by atoms with E-state index in [-0.39, 0.29) is 17.3 Å². The number of hydrogen-bond acceptors (Lipinski definition) is 6. The molecule has 7 nitrogen and oxygen atoms in total. The molecule has 0 aliphatic carbocycles. The largest absolute Gasteiger partial charge is 0.330 e. The SMILES string of the molecule is Cc1ccccc1Nc1nn2c(=O)c3ccc(C(=O)Nc4ccc(F)cc4)cc3nc2s1. The van der Waals surface area contributed by atoms with E-state index in [4.69, 9.17) is 0 Å². The summed E-state index contributed by atoms with van der Waals surface area (Å²) in [7, 11) is 0. The maximum Gasteiger partial charge on any atom is 0.283 e. The van der Waals surface area contributed by atoms with Gasteiger partial charge in [-0.1, -0.05) is 29.5 Å². The van der Waals surface area contributed by atoms with E-state index in [2.05, 4.69) is 20.7 Å².